The number of hydrogen-bond donors (Lipinski definition) is 0. The van der Waals surface area contributed by atoms with E-state index < -0.39 is 0 Å². The molecule has 1 aliphatic rings. The molecule has 0 aromatic heterocycles. The van der Waals surface area contributed by atoms with E-state index in [-0.39, 0.29) is 0 Å². The van der Waals surface area contributed by atoms with Gasteiger partial charge >= 0.3 is 0 Å². The van der Waals surface area contributed by atoms with Crippen molar-refractivity contribution in [2.45, 2.75) is 164 Å². The Morgan fingerprint density at radius 3 is 1.76 bits per heavy atom. The summed E-state index contributed by atoms with van der Waals surface area (Å²) in [6.07, 6.45) is 25.5. The molecular weight excluding hydrogens is 456 g/mol. The Morgan fingerprint density at radius 1 is 0.711 bits per heavy atom. The Morgan fingerprint density at radius 2 is 1.24 bits per heavy atom. The Bertz CT molecular complexity index is 682. The average Bonchev–Trinajstić information content (AvgIpc) is 3.70. The third-order valence-electron chi connectivity index (χ3n) is 9.35. The van der Waals surface area contributed by atoms with Crippen LogP contribution in [0.4, 0.5) is 0 Å². The first-order chi connectivity index (χ1) is 18.4. The van der Waals surface area contributed by atoms with Gasteiger partial charge in [-0.1, -0.05) is 174 Å². The molecule has 0 nitrogen and oxygen atoms in total. The van der Waals surface area contributed by atoms with Crippen molar-refractivity contribution < 1.29 is 0 Å². The summed E-state index contributed by atoms with van der Waals surface area (Å²) in [6, 6.07) is 9.12. The summed E-state index contributed by atoms with van der Waals surface area (Å²) in [5.41, 5.74) is 4.11. The quantitative estimate of drug-likeness (QED) is 0.132. The van der Waals surface area contributed by atoms with Gasteiger partial charge in [0, 0.05) is 0 Å². The molecule has 38 heavy (non-hydrogen) atoms. The highest BCUT2D eigenvalue weighted by molar-refractivity contribution is 5.65. The maximum atomic E-state index is 4.64. The third-order valence-corrected chi connectivity index (χ3v) is 9.35. The molecule has 0 spiro atoms. The van der Waals surface area contributed by atoms with E-state index in [1.54, 1.807) is 0 Å². The number of allylic oxidation sites excluding steroid dienone is 1. The molecule has 1 aliphatic carbocycles. The summed E-state index contributed by atoms with van der Waals surface area (Å²) in [7, 11) is 0. The van der Waals surface area contributed by atoms with Gasteiger partial charge in [0.15, 0.2) is 0 Å². The predicted octanol–water partition coefficient (Wildman–Crippen LogP) is 13.2. The second-order valence-electron chi connectivity index (χ2n) is 12.8. The highest BCUT2D eigenvalue weighted by Crippen LogP contribution is 2.44. The van der Waals surface area contributed by atoms with E-state index in [0.717, 1.165) is 23.7 Å². The van der Waals surface area contributed by atoms with Crippen LogP contribution in [0.3, 0.4) is 0 Å². The second kappa shape index (κ2) is 21.7. The number of hydrogen-bond acceptors (Lipinski definition) is 0. The standard InChI is InChI=1S/C36H62.C2H6/c1-7-9-10-11-12-13-14-17-29(3)20-24-34(32(6)35-26-22-31(5)23-27-35)25-21-30(4)18-15-16-19-36-28-33(36)8-2;1-2/h22-23,26-27,29-30,33-34,36H,6-21,24-25,28H2,1-5H3;1-2H3. The number of unbranched alkanes of at least 4 members (excludes halogenated alkanes) is 7. The maximum Gasteiger partial charge on any atom is -0.0162 e. The molecule has 5 unspecified atom stereocenters. The lowest BCUT2D eigenvalue weighted by molar-refractivity contribution is 0.375. The SMILES string of the molecule is C=C(c1ccc(C)cc1)C(CCC(C)CCCCCCCCC)CCC(C)CCCCC1CC1CC.CC. The molecule has 0 N–H and O–H groups in total. The zero-order valence-corrected chi connectivity index (χ0v) is 27.1. The van der Waals surface area contributed by atoms with Crippen LogP contribution in [0.15, 0.2) is 30.8 Å². The molecule has 1 fully saturated rings. The van der Waals surface area contributed by atoms with Gasteiger partial charge in [-0.25, -0.2) is 0 Å². The Balaban J connectivity index is 0.00000352. The van der Waals surface area contributed by atoms with Crippen LogP contribution in [-0.4, -0.2) is 0 Å². The minimum absolute atomic E-state index is 0.642. The van der Waals surface area contributed by atoms with Crippen molar-refractivity contribution >= 4 is 5.57 Å². The van der Waals surface area contributed by atoms with Crippen LogP contribution >= 0.6 is 0 Å². The Kier molecular flexibility index (Phi) is 20.0. The van der Waals surface area contributed by atoms with Crippen LogP contribution < -0.4 is 0 Å². The van der Waals surface area contributed by atoms with Crippen LogP contribution in [-0.2, 0) is 0 Å². The topological polar surface area (TPSA) is 0 Å². The first kappa shape index (κ1) is 35.0. The highest BCUT2D eigenvalue weighted by Gasteiger charge is 2.33. The summed E-state index contributed by atoms with van der Waals surface area (Å²) in [5, 5.41) is 0. The zero-order chi connectivity index (χ0) is 28.2. The van der Waals surface area contributed by atoms with Gasteiger partial charge < -0.3 is 0 Å². The van der Waals surface area contributed by atoms with Gasteiger partial charge in [0.05, 0.1) is 0 Å². The number of rotatable bonds is 22. The largest absolute Gasteiger partial charge is 0.0950 e. The van der Waals surface area contributed by atoms with Gasteiger partial charge in [-0.2, -0.15) is 0 Å². The summed E-state index contributed by atoms with van der Waals surface area (Å²) >= 11 is 0. The minimum Gasteiger partial charge on any atom is -0.0950 e. The van der Waals surface area contributed by atoms with E-state index in [2.05, 4.69) is 65.5 Å². The van der Waals surface area contributed by atoms with E-state index in [1.165, 1.54) is 132 Å². The van der Waals surface area contributed by atoms with Crippen molar-refractivity contribution in [3.63, 3.8) is 0 Å². The van der Waals surface area contributed by atoms with Gasteiger partial charge in [-0.15, -0.1) is 0 Å². The molecule has 1 saturated carbocycles. The van der Waals surface area contributed by atoms with Gasteiger partial charge in [-0.3, -0.25) is 0 Å². The molecule has 0 bridgehead atoms. The van der Waals surface area contributed by atoms with Gasteiger partial charge in [0.2, 0.25) is 0 Å². The summed E-state index contributed by atoms with van der Waals surface area (Å²) < 4.78 is 0. The molecule has 0 amide bonds. The summed E-state index contributed by atoms with van der Waals surface area (Å²) in [4.78, 5) is 0. The minimum atomic E-state index is 0.642. The molecule has 0 radical (unpaired) electrons. The lowest BCUT2D eigenvalue weighted by atomic mass is 9.82. The second-order valence-corrected chi connectivity index (χ2v) is 12.8. The van der Waals surface area contributed by atoms with Crippen LogP contribution in [0.5, 0.6) is 0 Å². The Hall–Kier alpha value is -1.04. The van der Waals surface area contributed by atoms with Crippen LogP contribution in [0.1, 0.15) is 168 Å². The van der Waals surface area contributed by atoms with Crippen LogP contribution in [0.25, 0.3) is 5.57 Å². The monoisotopic (exact) mass is 525 g/mol. The smallest absolute Gasteiger partial charge is 0.0162 e. The first-order valence-corrected chi connectivity index (χ1v) is 17.2. The van der Waals surface area contributed by atoms with E-state index >= 15 is 0 Å². The molecule has 5 atom stereocenters. The fourth-order valence-electron chi connectivity index (χ4n) is 6.27. The number of aryl methyl sites for hydroxylation is 1. The lowest BCUT2D eigenvalue weighted by Gasteiger charge is -2.24. The van der Waals surface area contributed by atoms with Crippen molar-refractivity contribution in [2.24, 2.45) is 29.6 Å². The Labute approximate surface area is 240 Å². The maximum absolute atomic E-state index is 4.64. The summed E-state index contributed by atoms with van der Waals surface area (Å²) in [6.45, 7) is 20.5. The molecule has 2 rings (SSSR count). The fourth-order valence-corrected chi connectivity index (χ4v) is 6.27. The van der Waals surface area contributed by atoms with Gasteiger partial charge in [-0.05, 0) is 66.9 Å². The zero-order valence-electron chi connectivity index (χ0n) is 27.1. The van der Waals surface area contributed by atoms with Gasteiger partial charge in [0.25, 0.3) is 0 Å². The van der Waals surface area contributed by atoms with Crippen molar-refractivity contribution in [1.29, 1.82) is 0 Å². The van der Waals surface area contributed by atoms with Crippen LogP contribution in [0, 0.1) is 36.5 Å². The first-order valence-electron chi connectivity index (χ1n) is 17.2. The van der Waals surface area contributed by atoms with Crippen molar-refractivity contribution in [2.75, 3.05) is 0 Å². The fraction of sp³-hybridized carbons (Fsp3) is 0.789. The average molecular weight is 525 g/mol. The molecule has 1 aromatic carbocycles. The number of benzene rings is 1. The van der Waals surface area contributed by atoms with Gasteiger partial charge in [0.1, 0.15) is 0 Å². The third kappa shape index (κ3) is 15.5. The van der Waals surface area contributed by atoms with E-state index in [1.807, 2.05) is 13.8 Å². The van der Waals surface area contributed by atoms with E-state index in [0.29, 0.717) is 5.92 Å². The highest BCUT2D eigenvalue weighted by atomic mass is 14.4. The molecule has 0 aliphatic heterocycles. The van der Waals surface area contributed by atoms with E-state index in [4.69, 9.17) is 0 Å². The van der Waals surface area contributed by atoms with Crippen molar-refractivity contribution in [3.05, 3.63) is 42.0 Å². The molecular formula is C38H68. The predicted molar refractivity (Wildman–Crippen MR) is 175 cm³/mol. The van der Waals surface area contributed by atoms with Crippen molar-refractivity contribution in [3.8, 4) is 0 Å². The molecule has 0 heteroatoms. The summed E-state index contributed by atoms with van der Waals surface area (Å²) in [5.74, 6) is 4.49. The van der Waals surface area contributed by atoms with Crippen molar-refractivity contribution in [1.82, 2.24) is 0 Å². The molecule has 1 aromatic rings. The normalized spacial score (nSPS) is 18.8. The van der Waals surface area contributed by atoms with Crippen LogP contribution in [0.2, 0.25) is 0 Å². The molecule has 220 valence electrons. The van der Waals surface area contributed by atoms with E-state index in [9.17, 15) is 0 Å². The lowest BCUT2D eigenvalue weighted by Crippen LogP contribution is -2.09. The molecule has 0 heterocycles. The molecule has 0 saturated heterocycles.